The van der Waals surface area contributed by atoms with Crippen molar-refractivity contribution in [3.8, 4) is 10.8 Å². The van der Waals surface area contributed by atoms with E-state index in [1.165, 1.54) is 24.3 Å². The molecule has 2 aromatic rings. The van der Waals surface area contributed by atoms with Gasteiger partial charge in [-0.2, -0.15) is 0 Å². The molecule has 1 aromatic heterocycles. The second-order valence-corrected chi connectivity index (χ2v) is 4.88. The van der Waals surface area contributed by atoms with E-state index in [4.69, 9.17) is 4.74 Å². The number of benzene rings is 1. The maximum absolute atomic E-state index is 11.6. The van der Waals surface area contributed by atoms with E-state index < -0.39 is 15.8 Å². The van der Waals surface area contributed by atoms with Gasteiger partial charge in [-0.3, -0.25) is 20.2 Å². The minimum Gasteiger partial charge on any atom is -0.465 e. The Morgan fingerprint density at radius 1 is 1.14 bits per heavy atom. The van der Waals surface area contributed by atoms with Crippen LogP contribution < -0.4 is 4.74 Å². The number of hydrogen-bond donors (Lipinski definition) is 0. The molecule has 0 aliphatic rings. The zero-order valence-electron chi connectivity index (χ0n) is 11.0. The van der Waals surface area contributed by atoms with E-state index in [0.29, 0.717) is 11.3 Å². The first kappa shape index (κ1) is 15.4. The molecule has 0 fully saturated rings. The number of hydrogen-bond acceptors (Lipinski definition) is 8. The predicted octanol–water partition coefficient (Wildman–Crippen LogP) is 3.14. The lowest BCUT2D eigenvalue weighted by atomic mass is 10.3. The fourth-order valence-electron chi connectivity index (χ4n) is 1.52. The summed E-state index contributed by atoms with van der Waals surface area (Å²) >= 11 is 0.661. The largest absolute Gasteiger partial charge is 0.465 e. The van der Waals surface area contributed by atoms with Crippen molar-refractivity contribution in [2.75, 3.05) is 7.11 Å². The Hall–Kier alpha value is -3.01. The molecule has 114 valence electrons. The molecule has 0 amide bonds. The summed E-state index contributed by atoms with van der Waals surface area (Å²) in [4.78, 5) is 31.7. The molecule has 0 N–H and O–H groups in total. The first-order valence-electron chi connectivity index (χ1n) is 5.71. The summed E-state index contributed by atoms with van der Waals surface area (Å²) in [6, 6.07) is 6.14. The van der Waals surface area contributed by atoms with Crippen LogP contribution in [-0.4, -0.2) is 22.9 Å². The number of ether oxygens (including phenoxy) is 2. The van der Waals surface area contributed by atoms with Crippen LogP contribution in [0.15, 0.2) is 30.3 Å². The summed E-state index contributed by atoms with van der Waals surface area (Å²) in [6.45, 7) is 0. The third kappa shape index (κ3) is 3.17. The SMILES string of the molecule is COC(=O)c1cc([N+](=O)[O-])sc1Oc1ccc([N+](=O)[O-])cc1. The summed E-state index contributed by atoms with van der Waals surface area (Å²) in [5, 5.41) is 21.0. The molecule has 10 heteroatoms. The molecule has 0 saturated carbocycles. The molecular weight excluding hydrogens is 316 g/mol. The second kappa shape index (κ2) is 6.18. The quantitative estimate of drug-likeness (QED) is 0.470. The smallest absolute Gasteiger partial charge is 0.342 e. The molecule has 2 rings (SSSR count). The highest BCUT2D eigenvalue weighted by molar-refractivity contribution is 7.17. The van der Waals surface area contributed by atoms with Gasteiger partial charge in [0, 0.05) is 18.2 Å². The van der Waals surface area contributed by atoms with Crippen molar-refractivity contribution >= 4 is 28.0 Å². The molecule has 0 spiro atoms. The number of nitrogens with zero attached hydrogens (tertiary/aromatic N) is 2. The molecule has 0 aliphatic heterocycles. The highest BCUT2D eigenvalue weighted by Gasteiger charge is 2.24. The fraction of sp³-hybridized carbons (Fsp3) is 0.0833. The standard InChI is InChI=1S/C12H8N2O7S/c1-20-11(15)9-6-10(14(18)19)22-12(9)21-8-4-2-7(3-5-8)13(16)17/h2-6H,1H3. The summed E-state index contributed by atoms with van der Waals surface area (Å²) in [5.41, 5.74) is -0.213. The number of carbonyl (C=O) groups is 1. The lowest BCUT2D eigenvalue weighted by Crippen LogP contribution is -2.01. The van der Waals surface area contributed by atoms with Gasteiger partial charge >= 0.3 is 11.0 Å². The molecule has 0 aliphatic carbocycles. The van der Waals surface area contributed by atoms with Crippen molar-refractivity contribution in [2.24, 2.45) is 0 Å². The van der Waals surface area contributed by atoms with E-state index in [9.17, 15) is 25.0 Å². The average Bonchev–Trinajstić information content (AvgIpc) is 2.91. The van der Waals surface area contributed by atoms with Gasteiger partial charge in [0.2, 0.25) is 5.06 Å². The number of rotatable bonds is 5. The molecule has 9 nitrogen and oxygen atoms in total. The summed E-state index contributed by atoms with van der Waals surface area (Å²) in [7, 11) is 1.14. The molecule has 0 radical (unpaired) electrons. The summed E-state index contributed by atoms with van der Waals surface area (Å²) in [6.07, 6.45) is 0. The minimum absolute atomic E-state index is 0.0209. The van der Waals surface area contributed by atoms with Crippen LogP contribution in [0.4, 0.5) is 10.7 Å². The number of thiophene rings is 1. The summed E-state index contributed by atoms with van der Waals surface area (Å²) in [5.74, 6) is -0.575. The van der Waals surface area contributed by atoms with Gasteiger partial charge in [0.15, 0.2) is 0 Å². The van der Waals surface area contributed by atoms with E-state index in [1.807, 2.05) is 0 Å². The van der Waals surface area contributed by atoms with Crippen LogP contribution in [0.5, 0.6) is 10.8 Å². The highest BCUT2D eigenvalue weighted by Crippen LogP contribution is 2.39. The molecular formula is C12H8N2O7S. The predicted molar refractivity (Wildman–Crippen MR) is 75.5 cm³/mol. The zero-order valence-corrected chi connectivity index (χ0v) is 11.9. The van der Waals surface area contributed by atoms with E-state index in [0.717, 1.165) is 13.2 Å². The topological polar surface area (TPSA) is 122 Å². The van der Waals surface area contributed by atoms with Gasteiger partial charge < -0.3 is 9.47 Å². The van der Waals surface area contributed by atoms with Crippen LogP contribution in [0.2, 0.25) is 0 Å². The number of nitro groups is 2. The number of non-ortho nitro benzene ring substituents is 1. The Morgan fingerprint density at radius 3 is 2.27 bits per heavy atom. The maximum atomic E-state index is 11.6. The average molecular weight is 324 g/mol. The van der Waals surface area contributed by atoms with Gasteiger partial charge in [0.05, 0.1) is 17.0 Å². The third-order valence-electron chi connectivity index (χ3n) is 2.53. The molecule has 1 aromatic carbocycles. The second-order valence-electron chi connectivity index (χ2n) is 3.89. The van der Waals surface area contributed by atoms with Crippen LogP contribution in [0.3, 0.4) is 0 Å². The number of nitro benzene ring substituents is 1. The normalized spacial score (nSPS) is 10.0. The maximum Gasteiger partial charge on any atom is 0.342 e. The van der Waals surface area contributed by atoms with Crippen molar-refractivity contribution < 1.29 is 24.1 Å². The van der Waals surface area contributed by atoms with Crippen LogP contribution in [0, 0.1) is 20.2 Å². The van der Waals surface area contributed by atoms with Crippen molar-refractivity contribution in [3.63, 3.8) is 0 Å². The first-order valence-corrected chi connectivity index (χ1v) is 6.53. The van der Waals surface area contributed by atoms with Crippen LogP contribution in [-0.2, 0) is 4.74 Å². The Balaban J connectivity index is 2.33. The molecule has 0 unspecified atom stereocenters. The molecule has 0 bridgehead atoms. The van der Waals surface area contributed by atoms with Crippen molar-refractivity contribution in [1.82, 2.24) is 0 Å². The lowest BCUT2D eigenvalue weighted by molar-refractivity contribution is -0.384. The first-order chi connectivity index (χ1) is 10.4. The van der Waals surface area contributed by atoms with Crippen LogP contribution in [0.1, 0.15) is 10.4 Å². The van der Waals surface area contributed by atoms with Gasteiger partial charge in [-0.05, 0) is 23.5 Å². The van der Waals surface area contributed by atoms with Gasteiger partial charge in [0.25, 0.3) is 5.69 Å². The van der Waals surface area contributed by atoms with Crippen molar-refractivity contribution in [1.29, 1.82) is 0 Å². The Kier molecular flexibility index (Phi) is 4.32. The zero-order chi connectivity index (χ0) is 16.3. The number of carbonyl (C=O) groups excluding carboxylic acids is 1. The van der Waals surface area contributed by atoms with E-state index >= 15 is 0 Å². The van der Waals surface area contributed by atoms with E-state index in [1.54, 1.807) is 0 Å². The Bertz CT molecular complexity index is 738. The van der Waals surface area contributed by atoms with E-state index in [2.05, 4.69) is 4.74 Å². The lowest BCUT2D eigenvalue weighted by Gasteiger charge is -2.04. The van der Waals surface area contributed by atoms with Crippen molar-refractivity contribution in [3.05, 3.63) is 56.1 Å². The fourth-order valence-corrected chi connectivity index (χ4v) is 2.35. The van der Waals surface area contributed by atoms with Crippen LogP contribution >= 0.6 is 11.3 Å². The van der Waals surface area contributed by atoms with Gasteiger partial charge in [-0.1, -0.05) is 0 Å². The Labute approximate surface area is 127 Å². The molecule has 1 heterocycles. The number of methoxy groups -OCH3 is 1. The van der Waals surface area contributed by atoms with Crippen LogP contribution in [0.25, 0.3) is 0 Å². The number of esters is 1. The Morgan fingerprint density at radius 2 is 1.77 bits per heavy atom. The van der Waals surface area contributed by atoms with Gasteiger partial charge in [0.1, 0.15) is 11.3 Å². The van der Waals surface area contributed by atoms with Crippen molar-refractivity contribution in [2.45, 2.75) is 0 Å². The monoisotopic (exact) mass is 324 g/mol. The minimum atomic E-state index is -0.777. The van der Waals surface area contributed by atoms with E-state index in [-0.39, 0.29) is 27.1 Å². The van der Waals surface area contributed by atoms with Gasteiger partial charge in [-0.15, -0.1) is 0 Å². The third-order valence-corrected chi connectivity index (χ3v) is 3.49. The molecule has 22 heavy (non-hydrogen) atoms. The highest BCUT2D eigenvalue weighted by atomic mass is 32.1. The molecule has 0 atom stereocenters. The molecule has 0 saturated heterocycles. The summed E-state index contributed by atoms with van der Waals surface area (Å²) < 4.78 is 9.92. The van der Waals surface area contributed by atoms with Gasteiger partial charge in [-0.25, -0.2) is 4.79 Å².